The van der Waals surface area contributed by atoms with Gasteiger partial charge in [0.1, 0.15) is 5.75 Å². The van der Waals surface area contributed by atoms with Crippen LogP contribution in [0, 0.1) is 0 Å². The van der Waals surface area contributed by atoms with E-state index < -0.39 is 0 Å². The molecule has 0 saturated heterocycles. The van der Waals surface area contributed by atoms with Crippen LogP contribution in [-0.4, -0.2) is 17.9 Å². The first kappa shape index (κ1) is 19.2. The molecule has 5 nitrogen and oxygen atoms in total. The number of hydrogen-bond donors (Lipinski definition) is 2. The lowest BCUT2D eigenvalue weighted by molar-refractivity contribution is -0.120. The normalized spacial score (nSPS) is 10.3. The molecular weight excluding hydrogens is 328 g/mol. The Morgan fingerprint density at radius 3 is 2.65 bits per heavy atom. The molecule has 0 heterocycles. The van der Waals surface area contributed by atoms with Crippen molar-refractivity contribution in [2.24, 2.45) is 0 Å². The lowest BCUT2D eigenvalue weighted by atomic mass is 10.1. The molecule has 2 rings (SSSR count). The SMILES string of the molecule is C=CC(=O)Nc1ccccc1CC(=O)NCc1cccc(OC(C)C)c1. The highest BCUT2D eigenvalue weighted by Crippen LogP contribution is 2.17. The fourth-order valence-electron chi connectivity index (χ4n) is 2.42. The summed E-state index contributed by atoms with van der Waals surface area (Å²) in [4.78, 5) is 23.8. The van der Waals surface area contributed by atoms with E-state index in [1.165, 1.54) is 6.08 Å². The maximum atomic E-state index is 12.3. The van der Waals surface area contributed by atoms with Crippen molar-refractivity contribution in [2.45, 2.75) is 32.9 Å². The molecule has 0 atom stereocenters. The topological polar surface area (TPSA) is 67.4 Å². The molecule has 2 aromatic rings. The monoisotopic (exact) mass is 352 g/mol. The summed E-state index contributed by atoms with van der Waals surface area (Å²) in [6.07, 6.45) is 1.47. The summed E-state index contributed by atoms with van der Waals surface area (Å²) in [5.41, 5.74) is 2.32. The average Bonchev–Trinajstić information content (AvgIpc) is 2.61. The molecule has 0 bridgehead atoms. The summed E-state index contributed by atoms with van der Waals surface area (Å²) in [6.45, 7) is 7.78. The number of nitrogens with one attached hydrogen (secondary N) is 2. The Morgan fingerprint density at radius 2 is 1.92 bits per heavy atom. The van der Waals surface area contributed by atoms with Crippen LogP contribution in [0.2, 0.25) is 0 Å². The number of benzene rings is 2. The van der Waals surface area contributed by atoms with E-state index in [1.54, 1.807) is 12.1 Å². The summed E-state index contributed by atoms with van der Waals surface area (Å²) < 4.78 is 5.66. The van der Waals surface area contributed by atoms with Crippen LogP contribution >= 0.6 is 0 Å². The van der Waals surface area contributed by atoms with Crippen molar-refractivity contribution < 1.29 is 14.3 Å². The second kappa shape index (κ2) is 9.42. The van der Waals surface area contributed by atoms with Crippen molar-refractivity contribution in [2.75, 3.05) is 5.32 Å². The molecule has 0 aliphatic heterocycles. The van der Waals surface area contributed by atoms with E-state index in [0.29, 0.717) is 12.2 Å². The second-order valence-corrected chi connectivity index (χ2v) is 6.12. The maximum Gasteiger partial charge on any atom is 0.247 e. The number of carbonyl (C=O) groups excluding carboxylic acids is 2. The summed E-state index contributed by atoms with van der Waals surface area (Å²) in [5, 5.41) is 5.61. The van der Waals surface area contributed by atoms with Crippen molar-refractivity contribution in [1.82, 2.24) is 5.32 Å². The van der Waals surface area contributed by atoms with Gasteiger partial charge in [-0.25, -0.2) is 0 Å². The minimum Gasteiger partial charge on any atom is -0.491 e. The van der Waals surface area contributed by atoms with E-state index >= 15 is 0 Å². The van der Waals surface area contributed by atoms with Crippen molar-refractivity contribution in [3.8, 4) is 5.75 Å². The van der Waals surface area contributed by atoms with Crippen molar-refractivity contribution in [3.05, 3.63) is 72.3 Å². The van der Waals surface area contributed by atoms with Gasteiger partial charge in [0.2, 0.25) is 11.8 Å². The van der Waals surface area contributed by atoms with Gasteiger partial charge in [-0.2, -0.15) is 0 Å². The first-order chi connectivity index (χ1) is 12.5. The summed E-state index contributed by atoms with van der Waals surface area (Å²) in [7, 11) is 0. The third kappa shape index (κ3) is 6.09. The van der Waals surface area contributed by atoms with Gasteiger partial charge in [-0.15, -0.1) is 0 Å². The highest BCUT2D eigenvalue weighted by molar-refractivity contribution is 5.99. The van der Waals surface area contributed by atoms with Gasteiger partial charge >= 0.3 is 0 Å². The van der Waals surface area contributed by atoms with Gasteiger partial charge < -0.3 is 15.4 Å². The van der Waals surface area contributed by atoms with Crippen LogP contribution in [0.25, 0.3) is 0 Å². The molecule has 0 aliphatic rings. The van der Waals surface area contributed by atoms with E-state index in [0.717, 1.165) is 16.9 Å². The molecule has 5 heteroatoms. The number of ether oxygens (including phenoxy) is 1. The van der Waals surface area contributed by atoms with Crippen LogP contribution < -0.4 is 15.4 Å². The van der Waals surface area contributed by atoms with E-state index in [-0.39, 0.29) is 24.3 Å². The number of carbonyl (C=O) groups is 2. The average molecular weight is 352 g/mol. The Kier molecular flexibility index (Phi) is 6.97. The summed E-state index contributed by atoms with van der Waals surface area (Å²) in [5.74, 6) is 0.351. The zero-order chi connectivity index (χ0) is 18.9. The quantitative estimate of drug-likeness (QED) is 0.715. The van der Waals surface area contributed by atoms with Crippen molar-refractivity contribution in [3.63, 3.8) is 0 Å². The van der Waals surface area contributed by atoms with Gasteiger partial charge in [-0.05, 0) is 49.2 Å². The van der Waals surface area contributed by atoms with Crippen molar-refractivity contribution >= 4 is 17.5 Å². The molecule has 2 N–H and O–H groups in total. The molecule has 0 saturated carbocycles. The molecule has 0 aliphatic carbocycles. The Balaban J connectivity index is 1.95. The lowest BCUT2D eigenvalue weighted by Crippen LogP contribution is -2.25. The van der Waals surface area contributed by atoms with E-state index in [2.05, 4.69) is 17.2 Å². The highest BCUT2D eigenvalue weighted by atomic mass is 16.5. The smallest absolute Gasteiger partial charge is 0.247 e. The number of anilines is 1. The van der Waals surface area contributed by atoms with Crippen LogP contribution in [0.3, 0.4) is 0 Å². The third-order valence-corrected chi connectivity index (χ3v) is 3.57. The first-order valence-corrected chi connectivity index (χ1v) is 8.51. The van der Waals surface area contributed by atoms with Gasteiger partial charge in [-0.1, -0.05) is 36.9 Å². The Bertz CT molecular complexity index is 784. The van der Waals surface area contributed by atoms with Gasteiger partial charge in [0.25, 0.3) is 0 Å². The van der Waals surface area contributed by atoms with Crippen LogP contribution in [0.5, 0.6) is 5.75 Å². The second-order valence-electron chi connectivity index (χ2n) is 6.12. The fraction of sp³-hybridized carbons (Fsp3) is 0.238. The molecular formula is C21H24N2O3. The molecule has 0 aromatic heterocycles. The summed E-state index contributed by atoms with van der Waals surface area (Å²) in [6, 6.07) is 14.9. The van der Waals surface area contributed by atoms with Gasteiger partial charge in [-0.3, -0.25) is 9.59 Å². The molecule has 2 amide bonds. The third-order valence-electron chi connectivity index (χ3n) is 3.57. The van der Waals surface area contributed by atoms with E-state index in [4.69, 9.17) is 4.74 Å². The van der Waals surface area contributed by atoms with Crippen LogP contribution in [-0.2, 0) is 22.6 Å². The molecule has 0 fully saturated rings. The van der Waals surface area contributed by atoms with Crippen LogP contribution in [0.4, 0.5) is 5.69 Å². The number of hydrogen-bond acceptors (Lipinski definition) is 3. The number of amides is 2. The predicted molar refractivity (Wildman–Crippen MR) is 103 cm³/mol. The van der Waals surface area contributed by atoms with Gasteiger partial charge in [0.15, 0.2) is 0 Å². The number of rotatable bonds is 8. The lowest BCUT2D eigenvalue weighted by Gasteiger charge is -2.12. The molecule has 2 aromatic carbocycles. The molecule has 136 valence electrons. The fourth-order valence-corrected chi connectivity index (χ4v) is 2.42. The zero-order valence-electron chi connectivity index (χ0n) is 15.1. The standard InChI is InChI=1S/C21H24N2O3/c1-4-20(24)23-19-11-6-5-9-17(19)13-21(25)22-14-16-8-7-10-18(12-16)26-15(2)3/h4-12,15H,1,13-14H2,2-3H3,(H,22,25)(H,23,24). The van der Waals surface area contributed by atoms with Crippen LogP contribution in [0.1, 0.15) is 25.0 Å². The minimum absolute atomic E-state index is 0.0992. The highest BCUT2D eigenvalue weighted by Gasteiger charge is 2.09. The minimum atomic E-state index is -0.306. The summed E-state index contributed by atoms with van der Waals surface area (Å²) >= 11 is 0. The van der Waals surface area contributed by atoms with Gasteiger partial charge in [0, 0.05) is 12.2 Å². The van der Waals surface area contributed by atoms with E-state index in [9.17, 15) is 9.59 Å². The maximum absolute atomic E-state index is 12.3. The van der Waals surface area contributed by atoms with Gasteiger partial charge in [0.05, 0.1) is 12.5 Å². The number of para-hydroxylation sites is 1. The zero-order valence-corrected chi connectivity index (χ0v) is 15.1. The first-order valence-electron chi connectivity index (χ1n) is 8.51. The Hall–Kier alpha value is -3.08. The predicted octanol–water partition coefficient (Wildman–Crippen LogP) is 3.46. The van der Waals surface area contributed by atoms with E-state index in [1.807, 2.05) is 50.2 Å². The molecule has 0 spiro atoms. The largest absolute Gasteiger partial charge is 0.491 e. The molecule has 26 heavy (non-hydrogen) atoms. The Labute approximate surface area is 154 Å². The molecule has 0 radical (unpaired) electrons. The van der Waals surface area contributed by atoms with Crippen molar-refractivity contribution in [1.29, 1.82) is 0 Å². The van der Waals surface area contributed by atoms with Crippen LogP contribution in [0.15, 0.2) is 61.2 Å². The molecule has 0 unspecified atom stereocenters. The Morgan fingerprint density at radius 1 is 1.15 bits per heavy atom.